The number of aliphatic imine (C=N–C) groups is 1. The number of hydrogen-bond donors (Lipinski definition) is 3. The second-order valence-electron chi connectivity index (χ2n) is 5.57. The van der Waals surface area contributed by atoms with E-state index in [9.17, 15) is 4.79 Å². The first-order valence-electron chi connectivity index (χ1n) is 8.62. The van der Waals surface area contributed by atoms with Crippen LogP contribution in [0.25, 0.3) is 0 Å². The fourth-order valence-electron chi connectivity index (χ4n) is 2.44. The molecule has 1 aromatic heterocycles. The molecular weight excluding hydrogens is 475 g/mol. The number of nitrogens with one attached hydrogen (secondary N) is 3. The van der Waals surface area contributed by atoms with Crippen LogP contribution in [-0.2, 0) is 6.42 Å². The van der Waals surface area contributed by atoms with Gasteiger partial charge in [0, 0.05) is 26.7 Å². The van der Waals surface area contributed by atoms with Crippen LogP contribution in [0.15, 0.2) is 46.8 Å². The number of ether oxygens (including phenoxy) is 1. The largest absolute Gasteiger partial charge is 0.496 e. The molecule has 0 aliphatic carbocycles. The SMILES string of the molecule is CN=C(NCCCNC(=O)c1cccs1)NCCc1ccccc1OC.I. The van der Waals surface area contributed by atoms with Crippen molar-refractivity contribution in [3.63, 3.8) is 0 Å². The third-order valence-electron chi connectivity index (χ3n) is 3.78. The Labute approximate surface area is 181 Å². The number of nitrogens with zero attached hydrogens (tertiary/aromatic N) is 1. The van der Waals surface area contributed by atoms with Gasteiger partial charge in [0.1, 0.15) is 5.75 Å². The van der Waals surface area contributed by atoms with Crippen molar-refractivity contribution >= 4 is 47.2 Å². The third kappa shape index (κ3) is 8.17. The Morgan fingerprint density at radius 2 is 1.81 bits per heavy atom. The first-order chi connectivity index (χ1) is 12.7. The lowest BCUT2D eigenvalue weighted by atomic mass is 10.1. The molecule has 0 unspecified atom stereocenters. The number of guanidine groups is 1. The number of hydrogen-bond acceptors (Lipinski definition) is 4. The quantitative estimate of drug-likeness (QED) is 0.214. The Balaban J connectivity index is 0.00000364. The minimum atomic E-state index is -0.0145. The lowest BCUT2D eigenvalue weighted by Gasteiger charge is -2.13. The summed E-state index contributed by atoms with van der Waals surface area (Å²) in [7, 11) is 3.43. The number of thiophene rings is 1. The molecule has 1 heterocycles. The van der Waals surface area contributed by atoms with E-state index in [4.69, 9.17) is 4.74 Å². The van der Waals surface area contributed by atoms with Crippen LogP contribution in [0.1, 0.15) is 21.7 Å². The van der Waals surface area contributed by atoms with E-state index in [2.05, 4.69) is 27.0 Å². The summed E-state index contributed by atoms with van der Waals surface area (Å²) in [5.41, 5.74) is 1.16. The van der Waals surface area contributed by atoms with Crippen molar-refractivity contribution in [3.05, 3.63) is 52.2 Å². The van der Waals surface area contributed by atoms with Gasteiger partial charge in [-0.2, -0.15) is 0 Å². The van der Waals surface area contributed by atoms with Gasteiger partial charge in [0.05, 0.1) is 12.0 Å². The zero-order valence-electron chi connectivity index (χ0n) is 15.7. The lowest BCUT2D eigenvalue weighted by molar-refractivity contribution is 0.0957. The van der Waals surface area contributed by atoms with Gasteiger partial charge in [-0.3, -0.25) is 9.79 Å². The average molecular weight is 502 g/mol. The molecular formula is C19H27IN4O2S. The molecule has 27 heavy (non-hydrogen) atoms. The molecule has 0 saturated carbocycles. The summed E-state index contributed by atoms with van der Waals surface area (Å²) in [5, 5.41) is 11.4. The summed E-state index contributed by atoms with van der Waals surface area (Å²) in [6.07, 6.45) is 1.67. The molecule has 8 heteroatoms. The van der Waals surface area contributed by atoms with Crippen molar-refractivity contribution in [2.24, 2.45) is 4.99 Å². The van der Waals surface area contributed by atoms with Crippen LogP contribution in [0.4, 0.5) is 0 Å². The number of para-hydroxylation sites is 1. The summed E-state index contributed by atoms with van der Waals surface area (Å²) in [5.74, 6) is 1.64. The smallest absolute Gasteiger partial charge is 0.261 e. The average Bonchev–Trinajstić information content (AvgIpc) is 3.21. The monoisotopic (exact) mass is 502 g/mol. The van der Waals surface area contributed by atoms with Gasteiger partial charge >= 0.3 is 0 Å². The summed E-state index contributed by atoms with van der Waals surface area (Å²) < 4.78 is 5.36. The standard InChI is InChI=1S/C19H26N4O2S.HI/c1-20-19(23-13-10-15-7-3-4-8-16(15)25-2)22-12-6-11-21-18(24)17-9-5-14-26-17;/h3-5,7-9,14H,6,10-13H2,1-2H3,(H,21,24)(H2,20,22,23);1H. The Hall–Kier alpha value is -1.81. The maximum absolute atomic E-state index is 11.8. The molecule has 1 amide bonds. The molecule has 2 aromatic rings. The number of carbonyl (C=O) groups is 1. The number of rotatable bonds is 9. The molecule has 0 aliphatic heterocycles. The Kier molecular flexibility index (Phi) is 11.5. The molecule has 0 bridgehead atoms. The molecule has 6 nitrogen and oxygen atoms in total. The van der Waals surface area contributed by atoms with Crippen LogP contribution in [0.5, 0.6) is 5.75 Å². The maximum atomic E-state index is 11.8. The van der Waals surface area contributed by atoms with Gasteiger partial charge in [0.15, 0.2) is 5.96 Å². The molecule has 0 aliphatic rings. The zero-order chi connectivity index (χ0) is 18.6. The number of benzene rings is 1. The minimum absolute atomic E-state index is 0. The van der Waals surface area contributed by atoms with Gasteiger partial charge in [0.25, 0.3) is 5.91 Å². The van der Waals surface area contributed by atoms with E-state index in [-0.39, 0.29) is 29.9 Å². The first-order valence-corrected chi connectivity index (χ1v) is 9.50. The number of methoxy groups -OCH3 is 1. The van der Waals surface area contributed by atoms with Gasteiger partial charge in [-0.05, 0) is 35.9 Å². The van der Waals surface area contributed by atoms with Crippen LogP contribution < -0.4 is 20.7 Å². The van der Waals surface area contributed by atoms with Gasteiger partial charge in [-0.15, -0.1) is 35.3 Å². The predicted octanol–water partition coefficient (Wildman–Crippen LogP) is 2.90. The summed E-state index contributed by atoms with van der Waals surface area (Å²) >= 11 is 1.45. The summed E-state index contributed by atoms with van der Waals surface area (Å²) in [6.45, 7) is 2.12. The van der Waals surface area contributed by atoms with Crippen LogP contribution in [0.3, 0.4) is 0 Å². The normalized spacial score (nSPS) is 10.7. The molecule has 1 aromatic carbocycles. The van der Waals surface area contributed by atoms with Crippen LogP contribution in [-0.4, -0.2) is 45.7 Å². The zero-order valence-corrected chi connectivity index (χ0v) is 18.8. The lowest BCUT2D eigenvalue weighted by Crippen LogP contribution is -2.39. The molecule has 0 saturated heterocycles. The highest BCUT2D eigenvalue weighted by molar-refractivity contribution is 14.0. The fraction of sp³-hybridized carbons (Fsp3) is 0.368. The highest BCUT2D eigenvalue weighted by Gasteiger charge is 2.05. The summed E-state index contributed by atoms with van der Waals surface area (Å²) in [6, 6.07) is 11.7. The number of amides is 1. The third-order valence-corrected chi connectivity index (χ3v) is 4.65. The van der Waals surface area contributed by atoms with Crippen molar-refractivity contribution in [3.8, 4) is 5.75 Å². The second-order valence-corrected chi connectivity index (χ2v) is 6.52. The van der Waals surface area contributed by atoms with E-state index in [1.54, 1.807) is 14.2 Å². The number of halogens is 1. The van der Waals surface area contributed by atoms with Crippen molar-refractivity contribution < 1.29 is 9.53 Å². The second kappa shape index (κ2) is 13.4. The van der Waals surface area contributed by atoms with Crippen LogP contribution in [0.2, 0.25) is 0 Å². The molecule has 0 atom stereocenters. The Morgan fingerprint density at radius 1 is 1.07 bits per heavy atom. The van der Waals surface area contributed by atoms with E-state index in [1.807, 2.05) is 35.7 Å². The molecule has 148 valence electrons. The minimum Gasteiger partial charge on any atom is -0.496 e. The van der Waals surface area contributed by atoms with Gasteiger partial charge < -0.3 is 20.7 Å². The summed E-state index contributed by atoms with van der Waals surface area (Å²) in [4.78, 5) is 16.8. The predicted molar refractivity (Wildman–Crippen MR) is 123 cm³/mol. The van der Waals surface area contributed by atoms with E-state index < -0.39 is 0 Å². The molecule has 3 N–H and O–H groups in total. The topological polar surface area (TPSA) is 74.8 Å². The van der Waals surface area contributed by atoms with Crippen molar-refractivity contribution in [1.82, 2.24) is 16.0 Å². The van der Waals surface area contributed by atoms with Crippen molar-refractivity contribution in [2.75, 3.05) is 33.8 Å². The van der Waals surface area contributed by atoms with E-state index in [1.165, 1.54) is 11.3 Å². The van der Waals surface area contributed by atoms with Crippen molar-refractivity contribution in [1.29, 1.82) is 0 Å². The number of carbonyl (C=O) groups excluding carboxylic acids is 1. The van der Waals surface area contributed by atoms with Crippen molar-refractivity contribution in [2.45, 2.75) is 12.8 Å². The van der Waals surface area contributed by atoms with Crippen LogP contribution >= 0.6 is 35.3 Å². The highest BCUT2D eigenvalue weighted by atomic mass is 127. The first kappa shape index (κ1) is 23.2. The molecule has 0 fully saturated rings. The Morgan fingerprint density at radius 3 is 2.52 bits per heavy atom. The maximum Gasteiger partial charge on any atom is 0.261 e. The van der Waals surface area contributed by atoms with Gasteiger partial charge in [-0.25, -0.2) is 0 Å². The van der Waals surface area contributed by atoms with Crippen LogP contribution in [0, 0.1) is 0 Å². The molecule has 0 spiro atoms. The highest BCUT2D eigenvalue weighted by Crippen LogP contribution is 2.17. The molecule has 2 rings (SSSR count). The van der Waals surface area contributed by atoms with Gasteiger partial charge in [-0.1, -0.05) is 24.3 Å². The van der Waals surface area contributed by atoms with E-state index in [0.29, 0.717) is 6.54 Å². The Bertz CT molecular complexity index is 707. The van der Waals surface area contributed by atoms with Gasteiger partial charge in [0.2, 0.25) is 0 Å². The van der Waals surface area contributed by atoms with E-state index >= 15 is 0 Å². The van der Waals surface area contributed by atoms with E-state index in [0.717, 1.165) is 48.1 Å². The fourth-order valence-corrected chi connectivity index (χ4v) is 3.08. The molecule has 0 radical (unpaired) electrons.